The van der Waals surface area contributed by atoms with Crippen molar-refractivity contribution < 1.29 is 56.8 Å². The zero-order valence-electron chi connectivity index (χ0n) is 46.8. The molecule has 2 aliphatic heterocycles. The van der Waals surface area contributed by atoms with Crippen LogP contribution in [0.1, 0.15) is 108 Å². The van der Waals surface area contributed by atoms with Crippen molar-refractivity contribution >= 4 is 46.9 Å². The minimum absolute atomic E-state index is 0.0541. The van der Waals surface area contributed by atoms with Crippen LogP contribution in [0.3, 0.4) is 0 Å². The van der Waals surface area contributed by atoms with Gasteiger partial charge in [-0.1, -0.05) is 58.0 Å². The average Bonchev–Trinajstić information content (AvgIpc) is 4.11. The first-order valence-electron chi connectivity index (χ1n) is 27.2. The smallest absolute Gasteiger partial charge is 0.259 e. The number of anilines is 1. The van der Waals surface area contributed by atoms with Crippen molar-refractivity contribution in [2.24, 2.45) is 5.41 Å². The molecule has 0 saturated carbocycles. The Morgan fingerprint density at radius 1 is 0.873 bits per heavy atom. The number of likely N-dealkylation sites (tertiary alicyclic amines) is 1. The fourth-order valence-corrected chi connectivity index (χ4v) is 9.21. The summed E-state index contributed by atoms with van der Waals surface area (Å²) in [6.07, 6.45) is 3.64. The fraction of sp³-hybridized carbons (Fsp3) is 0.571. The van der Waals surface area contributed by atoms with E-state index in [1.165, 1.54) is 27.7 Å². The lowest BCUT2D eigenvalue weighted by molar-refractivity contribution is -0.144. The van der Waals surface area contributed by atoms with Crippen LogP contribution in [0.5, 0.6) is 5.75 Å². The lowest BCUT2D eigenvalue weighted by atomic mass is 9.85. The lowest BCUT2D eigenvalue weighted by Gasteiger charge is -2.36. The van der Waals surface area contributed by atoms with Crippen LogP contribution < -0.4 is 36.6 Å². The van der Waals surface area contributed by atoms with Crippen molar-refractivity contribution in [3.8, 4) is 5.75 Å². The van der Waals surface area contributed by atoms with Gasteiger partial charge in [0.25, 0.3) is 5.91 Å². The number of halogens is 1. The van der Waals surface area contributed by atoms with Crippen LogP contribution in [-0.2, 0) is 42.9 Å². The lowest BCUT2D eigenvalue weighted by Crippen LogP contribution is -2.59. The van der Waals surface area contributed by atoms with Gasteiger partial charge in [0.05, 0.1) is 83.7 Å². The van der Waals surface area contributed by atoms with Gasteiger partial charge < -0.3 is 65.4 Å². The Balaban J connectivity index is 0.843. The van der Waals surface area contributed by atoms with Crippen LogP contribution in [0.15, 0.2) is 67.0 Å². The first-order chi connectivity index (χ1) is 37.9. The maximum absolute atomic E-state index is 14.4. The van der Waals surface area contributed by atoms with E-state index in [1.54, 1.807) is 37.2 Å². The predicted octanol–water partition coefficient (Wildman–Crippen LogP) is 3.72. The Bertz CT molecular complexity index is 2650. The fourth-order valence-electron chi connectivity index (χ4n) is 9.21. The number of nitrogens with one attached hydrogen (secondary N) is 6. The summed E-state index contributed by atoms with van der Waals surface area (Å²) in [5, 5.41) is 22.3. The van der Waals surface area contributed by atoms with E-state index in [2.05, 4.69) is 42.0 Å². The number of hydrogen-bond acceptors (Lipinski definition) is 15. The van der Waals surface area contributed by atoms with Gasteiger partial charge in [-0.05, 0) is 75.9 Å². The van der Waals surface area contributed by atoms with E-state index in [0.29, 0.717) is 42.4 Å². The average molecular weight is 1100 g/mol. The van der Waals surface area contributed by atoms with Crippen LogP contribution in [0.25, 0.3) is 5.65 Å². The molecule has 0 spiro atoms. The minimum atomic E-state index is -0.933. The highest BCUT2D eigenvalue weighted by molar-refractivity contribution is 6.00. The third kappa shape index (κ3) is 18.1. The third-order valence-corrected chi connectivity index (χ3v) is 13.7. The maximum atomic E-state index is 14.4. The highest BCUT2D eigenvalue weighted by atomic mass is 19.1. The zero-order chi connectivity index (χ0) is 57.1. The number of aromatic nitrogens is 3. The Morgan fingerprint density at radius 3 is 2.18 bits per heavy atom. The SMILES string of the molecule is CC[C@@H](NC(=O)[C@@H]1C[C@H](NC(=O)CCOCCOCCOCCOCCC(=O)NCCN2C[C@H](C)Oc3ccc(F)cc3[C@@H](C)Nc3ccn4ncc(c4n3)C2=O)CN1C(=O)[C@@H](NC(=O)[C@H](C)NC)C(C)(C)C)c1ccccc1. The summed E-state index contributed by atoms with van der Waals surface area (Å²) >= 11 is 0. The molecule has 4 heterocycles. The standard InChI is InChI=1S/C56H80FN11O11/c1-9-44(39-13-11-10-12-14-39)63-53(72)45-32-41(35-67(45)55(74)50(56(5,6)7)65-52(71)38(4)58-8)62-49(70)19-24-76-26-28-78-30-29-77-27-25-75-23-18-48(69)59-20-22-66-34-36(2)79-46-16-15-40(57)31-42(46)37(3)61-47-17-21-68-51(64-47)43(33-60-68)54(66)73/h10-17,21,31,33,36-38,41,44-45,50,58H,9,18-20,22-30,32,34-35H2,1-8H3,(H,59,69)(H,61,64)(H,62,70)(H,63,72)(H,65,71)/t36-,37+,38-,41-,44+,45-,50+/m0/s1. The number of ether oxygens (including phenoxy) is 5. The highest BCUT2D eigenvalue weighted by Gasteiger charge is 2.46. The second kappa shape index (κ2) is 30.0. The Labute approximate surface area is 461 Å². The van der Waals surface area contributed by atoms with Gasteiger partial charge in [-0.2, -0.15) is 5.10 Å². The van der Waals surface area contributed by atoms with Crippen molar-refractivity contribution in [3.05, 3.63) is 89.5 Å². The number of benzene rings is 2. The van der Waals surface area contributed by atoms with Gasteiger partial charge >= 0.3 is 0 Å². The molecule has 4 aromatic rings. The number of hydrogen-bond donors (Lipinski definition) is 6. The van der Waals surface area contributed by atoms with E-state index in [9.17, 15) is 33.2 Å². The van der Waals surface area contributed by atoms with Gasteiger partial charge in [0.1, 0.15) is 41.1 Å². The summed E-state index contributed by atoms with van der Waals surface area (Å²) in [6, 6.07) is 12.1. The molecule has 2 bridgehead atoms. The number of carbonyl (C=O) groups is 6. The Hall–Kier alpha value is -6.79. The zero-order valence-corrected chi connectivity index (χ0v) is 46.8. The predicted molar refractivity (Wildman–Crippen MR) is 293 cm³/mol. The van der Waals surface area contributed by atoms with Crippen molar-refractivity contribution in [1.82, 2.24) is 51.0 Å². The molecule has 23 heteroatoms. The molecule has 0 radical (unpaired) electrons. The Kier molecular flexibility index (Phi) is 23.3. The minimum Gasteiger partial charge on any atom is -0.489 e. The maximum Gasteiger partial charge on any atom is 0.259 e. The first-order valence-corrected chi connectivity index (χ1v) is 27.2. The topological polar surface area (TPSA) is 257 Å². The molecule has 2 aromatic heterocycles. The largest absolute Gasteiger partial charge is 0.489 e. The number of nitrogens with zero attached hydrogens (tertiary/aromatic N) is 5. The third-order valence-electron chi connectivity index (χ3n) is 13.7. The molecule has 432 valence electrons. The van der Waals surface area contributed by atoms with Gasteiger partial charge in [-0.25, -0.2) is 13.9 Å². The van der Waals surface area contributed by atoms with Gasteiger partial charge in [-0.15, -0.1) is 0 Å². The summed E-state index contributed by atoms with van der Waals surface area (Å²) in [5.41, 5.74) is 1.49. The quantitative estimate of drug-likeness (QED) is 0.0466. The van der Waals surface area contributed by atoms with Crippen molar-refractivity contribution in [1.29, 1.82) is 0 Å². The van der Waals surface area contributed by atoms with Gasteiger partial charge in [0.2, 0.25) is 29.5 Å². The summed E-state index contributed by atoms with van der Waals surface area (Å²) in [5.74, 6) is -1.41. The molecule has 6 amide bonds. The molecule has 6 rings (SSSR count). The summed E-state index contributed by atoms with van der Waals surface area (Å²) in [7, 11) is 1.66. The van der Waals surface area contributed by atoms with Gasteiger partial charge in [-0.3, -0.25) is 28.8 Å². The van der Waals surface area contributed by atoms with Gasteiger partial charge in [0.15, 0.2) is 5.65 Å². The second-order valence-electron chi connectivity index (χ2n) is 20.9. The number of likely N-dealkylation sites (N-methyl/N-ethyl adjacent to an activating group) is 1. The molecule has 79 heavy (non-hydrogen) atoms. The van der Waals surface area contributed by atoms with Crippen LogP contribution in [0.2, 0.25) is 0 Å². The van der Waals surface area contributed by atoms with E-state index in [-0.39, 0.29) is 132 Å². The van der Waals surface area contributed by atoms with Crippen LogP contribution in [0, 0.1) is 11.2 Å². The van der Waals surface area contributed by atoms with Crippen LogP contribution in [0.4, 0.5) is 10.2 Å². The molecule has 2 aliphatic rings. The first kappa shape index (κ1) is 61.4. The molecule has 1 fully saturated rings. The Morgan fingerprint density at radius 2 is 1.53 bits per heavy atom. The molecular formula is C56H80FN11O11. The molecule has 1 saturated heterocycles. The van der Waals surface area contributed by atoms with E-state index in [4.69, 9.17) is 23.7 Å². The molecule has 22 nitrogen and oxygen atoms in total. The van der Waals surface area contributed by atoms with E-state index >= 15 is 0 Å². The number of amides is 6. The number of rotatable bonds is 27. The molecule has 2 aromatic carbocycles. The number of carbonyl (C=O) groups excluding carboxylic acids is 6. The van der Waals surface area contributed by atoms with E-state index in [1.807, 2.05) is 71.9 Å². The van der Waals surface area contributed by atoms with Gasteiger partial charge in [0, 0.05) is 50.3 Å². The number of fused-ring (bicyclic) bond motifs is 2. The summed E-state index contributed by atoms with van der Waals surface area (Å²) < 4.78 is 44.6. The summed E-state index contributed by atoms with van der Waals surface area (Å²) in [6.45, 7) is 15.5. The van der Waals surface area contributed by atoms with Crippen LogP contribution >= 0.6 is 0 Å². The molecular weight excluding hydrogens is 1020 g/mol. The van der Waals surface area contributed by atoms with Crippen molar-refractivity contribution in [2.75, 3.05) is 91.4 Å². The van der Waals surface area contributed by atoms with Crippen molar-refractivity contribution in [3.63, 3.8) is 0 Å². The van der Waals surface area contributed by atoms with Crippen molar-refractivity contribution in [2.45, 2.75) is 117 Å². The second-order valence-corrected chi connectivity index (χ2v) is 20.9. The van der Waals surface area contributed by atoms with E-state index in [0.717, 1.165) is 5.56 Å². The van der Waals surface area contributed by atoms with Crippen LogP contribution in [-0.4, -0.2) is 176 Å². The monoisotopic (exact) mass is 1100 g/mol. The molecule has 7 atom stereocenters. The molecule has 0 aliphatic carbocycles. The van der Waals surface area contributed by atoms with E-state index < -0.39 is 47.4 Å². The normalized spacial score (nSPS) is 18.7. The highest BCUT2D eigenvalue weighted by Crippen LogP contribution is 2.31. The molecule has 0 unspecified atom stereocenters. The summed E-state index contributed by atoms with van der Waals surface area (Å²) in [4.78, 5) is 88.9. The molecule has 6 N–H and O–H groups in total.